The number of nitrogens with one attached hydrogen (secondary N) is 1. The Balaban J connectivity index is 3.40. The monoisotopic (exact) mass is 145 g/mol. The third-order valence-electron chi connectivity index (χ3n) is 0.791. The highest BCUT2D eigenvalue weighted by Crippen LogP contribution is 1.86. The molecule has 2 nitrogen and oxygen atoms in total. The molecule has 0 bridgehead atoms. The summed E-state index contributed by atoms with van der Waals surface area (Å²) in [5, 5.41) is 0. The first kappa shape index (κ1) is 8.67. The minimum absolute atomic E-state index is 0.154. The molecular weight excluding hydrogens is 134 g/mol. The Kier molecular flexibility index (Phi) is 4.37. The second-order valence-corrected chi connectivity index (χ2v) is 3.03. The zero-order valence-electron chi connectivity index (χ0n) is 5.68. The summed E-state index contributed by atoms with van der Waals surface area (Å²) < 4.78 is 13.2. The molecule has 0 saturated carbocycles. The third-order valence-corrected chi connectivity index (χ3v) is 1.53. The highest BCUT2D eigenvalue weighted by atomic mass is 32.2. The molecule has 0 rings (SSSR count). The number of hydrogen-bond donors (Lipinski definition) is 1. The Hall–Kier alpha value is -0.330. The molecule has 0 aliphatic rings. The Morgan fingerprint density at radius 2 is 2.44 bits per heavy atom. The zero-order valence-corrected chi connectivity index (χ0v) is 6.49. The summed E-state index contributed by atoms with van der Waals surface area (Å²) in [7, 11) is -0.943. The first-order chi connectivity index (χ1) is 4.16. The molecule has 2 atom stereocenters. The van der Waals surface area contributed by atoms with Crippen molar-refractivity contribution in [2.24, 2.45) is 0 Å². The predicted octanol–water partition coefficient (Wildman–Crippen LogP) is 0.281. The molecule has 0 aromatic rings. The molecule has 0 spiro atoms. The van der Waals surface area contributed by atoms with Crippen LogP contribution in [0.25, 0.3) is 0 Å². The lowest BCUT2D eigenvalue weighted by atomic mass is 10.3. The molecule has 0 radical (unpaired) electrons. The van der Waals surface area contributed by atoms with Gasteiger partial charge in [-0.25, -0.2) is 8.93 Å². The maximum Gasteiger partial charge on any atom is 0.0886 e. The van der Waals surface area contributed by atoms with Crippen molar-refractivity contribution in [1.29, 1.82) is 0 Å². The van der Waals surface area contributed by atoms with Crippen LogP contribution in [0.4, 0.5) is 0 Å². The van der Waals surface area contributed by atoms with Crippen LogP contribution in [0.3, 0.4) is 0 Å². The quantitative estimate of drug-likeness (QED) is 0.568. The van der Waals surface area contributed by atoms with Gasteiger partial charge in [-0.05, 0) is 6.92 Å². The summed E-state index contributed by atoms with van der Waals surface area (Å²) >= 11 is 0. The van der Waals surface area contributed by atoms with E-state index in [1.165, 1.54) is 0 Å². The Bertz CT molecular complexity index is 138. The lowest BCUT2D eigenvalue weighted by molar-refractivity contribution is 0.647. The minimum Gasteiger partial charge on any atom is -0.243 e. The fourth-order valence-electron chi connectivity index (χ4n) is 0.502. The van der Waals surface area contributed by atoms with Crippen molar-refractivity contribution in [2.45, 2.75) is 19.4 Å². The number of hydrogen-bond acceptors (Lipinski definition) is 1. The summed E-state index contributed by atoms with van der Waals surface area (Å²) in [6.45, 7) is 1.90. The first-order valence-corrected chi connectivity index (χ1v) is 4.25. The molecule has 52 valence electrons. The molecule has 9 heavy (non-hydrogen) atoms. The molecule has 0 heterocycles. The summed E-state index contributed by atoms with van der Waals surface area (Å²) in [6, 6.07) is 0.154. The molecule has 1 N–H and O–H groups in total. The van der Waals surface area contributed by atoms with E-state index in [0.717, 1.165) is 0 Å². The van der Waals surface area contributed by atoms with Crippen LogP contribution in [0.2, 0.25) is 0 Å². The molecule has 0 aliphatic heterocycles. The van der Waals surface area contributed by atoms with E-state index < -0.39 is 11.0 Å². The Morgan fingerprint density at radius 3 is 2.78 bits per heavy atom. The van der Waals surface area contributed by atoms with Gasteiger partial charge in [-0.1, -0.05) is 0 Å². The van der Waals surface area contributed by atoms with Crippen molar-refractivity contribution >= 4 is 11.0 Å². The van der Waals surface area contributed by atoms with E-state index >= 15 is 0 Å². The average molecular weight is 145 g/mol. The smallest absolute Gasteiger partial charge is 0.0886 e. The largest absolute Gasteiger partial charge is 0.243 e. The molecular formula is C6H11NOS. The maximum absolute atomic E-state index is 10.5. The van der Waals surface area contributed by atoms with Gasteiger partial charge in [0, 0.05) is 18.7 Å². The van der Waals surface area contributed by atoms with Crippen LogP contribution in [0.5, 0.6) is 0 Å². The van der Waals surface area contributed by atoms with Crippen LogP contribution >= 0.6 is 0 Å². The van der Waals surface area contributed by atoms with Crippen LogP contribution in [0.1, 0.15) is 13.3 Å². The van der Waals surface area contributed by atoms with E-state index in [0.29, 0.717) is 6.42 Å². The molecule has 0 fully saturated rings. The number of terminal acetylenes is 1. The molecule has 2 unspecified atom stereocenters. The molecule has 0 aliphatic carbocycles. The van der Waals surface area contributed by atoms with E-state index in [1.807, 2.05) is 6.92 Å². The highest BCUT2D eigenvalue weighted by molar-refractivity contribution is 7.82. The van der Waals surface area contributed by atoms with Crippen molar-refractivity contribution in [3.8, 4) is 12.3 Å². The Morgan fingerprint density at radius 1 is 1.89 bits per heavy atom. The van der Waals surface area contributed by atoms with Crippen molar-refractivity contribution in [3.05, 3.63) is 0 Å². The molecule has 0 aromatic carbocycles. The van der Waals surface area contributed by atoms with Crippen LogP contribution in [0.15, 0.2) is 0 Å². The van der Waals surface area contributed by atoms with E-state index in [4.69, 9.17) is 6.42 Å². The van der Waals surface area contributed by atoms with Gasteiger partial charge in [0.2, 0.25) is 0 Å². The summed E-state index contributed by atoms with van der Waals surface area (Å²) in [5.74, 6) is 2.48. The maximum atomic E-state index is 10.5. The van der Waals surface area contributed by atoms with Crippen LogP contribution in [-0.4, -0.2) is 16.5 Å². The lowest BCUT2D eigenvalue weighted by Crippen LogP contribution is -2.26. The summed E-state index contributed by atoms with van der Waals surface area (Å²) in [4.78, 5) is 0. The standard InChI is InChI=1S/C6H11NOS/c1-4-5-6(2)7-9(3)8/h1,6-7H,5H2,2-3H3. The Labute approximate surface area is 58.6 Å². The molecule has 0 amide bonds. The topological polar surface area (TPSA) is 29.1 Å². The first-order valence-electron chi connectivity index (χ1n) is 2.70. The van der Waals surface area contributed by atoms with Gasteiger partial charge >= 0.3 is 0 Å². The third kappa shape index (κ3) is 5.54. The van der Waals surface area contributed by atoms with Crippen molar-refractivity contribution in [1.82, 2.24) is 4.72 Å². The fraction of sp³-hybridized carbons (Fsp3) is 0.667. The second kappa shape index (κ2) is 4.54. The van der Waals surface area contributed by atoms with Gasteiger partial charge in [-0.15, -0.1) is 12.3 Å². The molecule has 0 aromatic heterocycles. The second-order valence-electron chi connectivity index (χ2n) is 1.88. The molecule has 3 heteroatoms. The van der Waals surface area contributed by atoms with Gasteiger partial charge in [0.1, 0.15) is 0 Å². The van der Waals surface area contributed by atoms with Crippen molar-refractivity contribution in [3.63, 3.8) is 0 Å². The predicted molar refractivity (Wildman–Crippen MR) is 40.1 cm³/mol. The van der Waals surface area contributed by atoms with E-state index in [1.54, 1.807) is 6.26 Å². The van der Waals surface area contributed by atoms with Gasteiger partial charge in [0.15, 0.2) is 0 Å². The highest BCUT2D eigenvalue weighted by Gasteiger charge is 1.98. The van der Waals surface area contributed by atoms with E-state index in [2.05, 4.69) is 10.6 Å². The van der Waals surface area contributed by atoms with Crippen LogP contribution in [-0.2, 0) is 11.0 Å². The zero-order chi connectivity index (χ0) is 7.28. The number of rotatable bonds is 3. The lowest BCUT2D eigenvalue weighted by Gasteiger charge is -2.05. The van der Waals surface area contributed by atoms with Crippen LogP contribution < -0.4 is 4.72 Å². The van der Waals surface area contributed by atoms with E-state index in [-0.39, 0.29) is 6.04 Å². The van der Waals surface area contributed by atoms with Gasteiger partial charge in [0.25, 0.3) is 0 Å². The summed E-state index contributed by atoms with van der Waals surface area (Å²) in [6.07, 6.45) is 7.23. The SMILES string of the molecule is C#CCC(C)NS(C)=O. The van der Waals surface area contributed by atoms with Gasteiger partial charge < -0.3 is 0 Å². The molecule has 0 saturated heterocycles. The average Bonchev–Trinajstić information content (AvgIpc) is 1.63. The van der Waals surface area contributed by atoms with Gasteiger partial charge in [-0.3, -0.25) is 0 Å². The van der Waals surface area contributed by atoms with Gasteiger partial charge in [-0.2, -0.15) is 0 Å². The normalized spacial score (nSPS) is 16.1. The van der Waals surface area contributed by atoms with Crippen LogP contribution in [0, 0.1) is 12.3 Å². The fourth-order valence-corrected chi connectivity index (χ4v) is 1.15. The minimum atomic E-state index is -0.943. The van der Waals surface area contributed by atoms with Crippen molar-refractivity contribution in [2.75, 3.05) is 6.26 Å². The van der Waals surface area contributed by atoms with E-state index in [9.17, 15) is 4.21 Å². The van der Waals surface area contributed by atoms with Gasteiger partial charge in [0.05, 0.1) is 11.0 Å². The summed E-state index contributed by atoms with van der Waals surface area (Å²) in [5.41, 5.74) is 0. The van der Waals surface area contributed by atoms with Crippen molar-refractivity contribution < 1.29 is 4.21 Å².